The van der Waals surface area contributed by atoms with Crippen LogP contribution in [0.3, 0.4) is 0 Å². The normalized spacial score (nSPS) is 15.6. The lowest BCUT2D eigenvalue weighted by molar-refractivity contribution is 0.184. The van der Waals surface area contributed by atoms with Crippen molar-refractivity contribution in [3.8, 4) is 0 Å². The Hall–Kier alpha value is -0.0800. The molecule has 92 valence electrons. The smallest absolute Gasteiger partial charge is 0.0462 e. The molecule has 0 amide bonds. The zero-order valence-electron chi connectivity index (χ0n) is 11.2. The van der Waals surface area contributed by atoms with Gasteiger partial charge in [0.2, 0.25) is 0 Å². The Balaban J connectivity index is 3.82. The molecule has 2 nitrogen and oxygen atoms in total. The van der Waals surface area contributed by atoms with Crippen LogP contribution in [0.25, 0.3) is 0 Å². The molecular weight excluding hydrogens is 186 g/mol. The minimum Gasteiger partial charge on any atom is -0.385 e. The van der Waals surface area contributed by atoms with Gasteiger partial charge in [-0.05, 0) is 38.1 Å². The van der Waals surface area contributed by atoms with E-state index in [4.69, 9.17) is 4.74 Å². The molecule has 0 aromatic rings. The molecule has 0 aliphatic rings. The van der Waals surface area contributed by atoms with Gasteiger partial charge in [0.25, 0.3) is 0 Å². The highest BCUT2D eigenvalue weighted by Gasteiger charge is 2.19. The van der Waals surface area contributed by atoms with Crippen molar-refractivity contribution in [2.45, 2.75) is 53.0 Å². The van der Waals surface area contributed by atoms with Crippen molar-refractivity contribution >= 4 is 0 Å². The van der Waals surface area contributed by atoms with Gasteiger partial charge < -0.3 is 10.1 Å². The van der Waals surface area contributed by atoms with Crippen molar-refractivity contribution in [2.75, 3.05) is 20.3 Å². The third kappa shape index (κ3) is 6.91. The minimum atomic E-state index is 0.637. The van der Waals surface area contributed by atoms with Crippen molar-refractivity contribution in [3.63, 3.8) is 0 Å². The Morgan fingerprint density at radius 2 is 1.80 bits per heavy atom. The number of hydrogen-bond acceptors (Lipinski definition) is 2. The summed E-state index contributed by atoms with van der Waals surface area (Å²) in [4.78, 5) is 0. The van der Waals surface area contributed by atoms with Gasteiger partial charge in [0.15, 0.2) is 0 Å². The number of unbranched alkanes of at least 4 members (excludes halogenated alkanes) is 1. The molecule has 1 N–H and O–H groups in total. The fourth-order valence-electron chi connectivity index (χ4n) is 2.26. The van der Waals surface area contributed by atoms with Gasteiger partial charge in [0.1, 0.15) is 0 Å². The topological polar surface area (TPSA) is 21.3 Å². The first-order chi connectivity index (χ1) is 7.13. The molecule has 15 heavy (non-hydrogen) atoms. The Kier molecular flexibility index (Phi) is 9.12. The lowest BCUT2D eigenvalue weighted by Crippen LogP contribution is -2.36. The van der Waals surface area contributed by atoms with Crippen LogP contribution in [0.4, 0.5) is 0 Å². The summed E-state index contributed by atoms with van der Waals surface area (Å²) < 4.78 is 5.08. The molecule has 0 fully saturated rings. The van der Waals surface area contributed by atoms with E-state index in [9.17, 15) is 0 Å². The highest BCUT2D eigenvalue weighted by atomic mass is 16.5. The Labute approximate surface area is 95.8 Å². The maximum Gasteiger partial charge on any atom is 0.0462 e. The number of methoxy groups -OCH3 is 1. The molecule has 0 radical (unpaired) electrons. The van der Waals surface area contributed by atoms with E-state index < -0.39 is 0 Å². The average molecular weight is 215 g/mol. The predicted molar refractivity (Wildman–Crippen MR) is 67.2 cm³/mol. The van der Waals surface area contributed by atoms with E-state index in [-0.39, 0.29) is 0 Å². The van der Waals surface area contributed by atoms with Crippen LogP contribution in [0.5, 0.6) is 0 Å². The molecule has 0 heterocycles. The van der Waals surface area contributed by atoms with Crippen LogP contribution in [0.15, 0.2) is 0 Å². The Bertz CT molecular complexity index is 136. The van der Waals surface area contributed by atoms with Crippen molar-refractivity contribution in [2.24, 2.45) is 11.8 Å². The molecule has 2 heteroatoms. The van der Waals surface area contributed by atoms with Gasteiger partial charge in [-0.15, -0.1) is 0 Å². The Morgan fingerprint density at radius 3 is 2.27 bits per heavy atom. The van der Waals surface area contributed by atoms with E-state index in [1.54, 1.807) is 7.11 Å². The molecule has 0 saturated heterocycles. The average Bonchev–Trinajstić information content (AvgIpc) is 2.17. The molecule has 0 aliphatic heterocycles. The van der Waals surface area contributed by atoms with E-state index in [0.29, 0.717) is 6.04 Å². The summed E-state index contributed by atoms with van der Waals surface area (Å²) in [6.45, 7) is 11.1. The molecule has 0 saturated carbocycles. The summed E-state index contributed by atoms with van der Waals surface area (Å²) in [5, 5.41) is 3.54. The lowest BCUT2D eigenvalue weighted by Gasteiger charge is -2.28. The molecule has 0 aromatic carbocycles. The van der Waals surface area contributed by atoms with Crippen molar-refractivity contribution in [1.82, 2.24) is 5.32 Å². The summed E-state index contributed by atoms with van der Waals surface area (Å²) in [5.74, 6) is 1.56. The number of hydrogen-bond donors (Lipinski definition) is 1. The van der Waals surface area contributed by atoms with E-state index in [1.807, 2.05) is 0 Å². The lowest BCUT2D eigenvalue weighted by atomic mass is 9.85. The monoisotopic (exact) mass is 215 g/mol. The molecule has 2 atom stereocenters. The number of rotatable bonds is 9. The van der Waals surface area contributed by atoms with Crippen molar-refractivity contribution in [3.05, 3.63) is 0 Å². The van der Waals surface area contributed by atoms with E-state index in [2.05, 4.69) is 33.0 Å². The van der Waals surface area contributed by atoms with Gasteiger partial charge in [-0.3, -0.25) is 0 Å². The minimum absolute atomic E-state index is 0.637. The van der Waals surface area contributed by atoms with Crippen LogP contribution in [0.2, 0.25) is 0 Å². The van der Waals surface area contributed by atoms with E-state index in [0.717, 1.165) is 25.0 Å². The van der Waals surface area contributed by atoms with Gasteiger partial charge in [0, 0.05) is 19.8 Å². The predicted octanol–water partition coefficient (Wildman–Crippen LogP) is 3.07. The summed E-state index contributed by atoms with van der Waals surface area (Å²) in [5.41, 5.74) is 0. The van der Waals surface area contributed by atoms with Gasteiger partial charge in [-0.1, -0.05) is 27.2 Å². The van der Waals surface area contributed by atoms with Gasteiger partial charge in [-0.2, -0.15) is 0 Å². The van der Waals surface area contributed by atoms with Crippen LogP contribution < -0.4 is 5.32 Å². The fraction of sp³-hybridized carbons (Fsp3) is 1.00. The summed E-state index contributed by atoms with van der Waals surface area (Å²) in [7, 11) is 1.78. The standard InChI is InChI=1S/C13H29NO/c1-6-14-12(4)13(11(2)3)9-7-8-10-15-5/h11-14H,6-10H2,1-5H3. The van der Waals surface area contributed by atoms with Gasteiger partial charge >= 0.3 is 0 Å². The van der Waals surface area contributed by atoms with E-state index in [1.165, 1.54) is 19.3 Å². The molecule has 0 rings (SSSR count). The summed E-state index contributed by atoms with van der Waals surface area (Å²) in [6, 6.07) is 0.637. The maximum absolute atomic E-state index is 5.08. The third-order valence-corrected chi connectivity index (χ3v) is 3.16. The van der Waals surface area contributed by atoms with Crippen LogP contribution in [0.1, 0.15) is 47.0 Å². The second-order valence-electron chi connectivity index (χ2n) is 4.74. The van der Waals surface area contributed by atoms with Crippen LogP contribution >= 0.6 is 0 Å². The molecule has 0 aromatic heterocycles. The number of nitrogens with one attached hydrogen (secondary N) is 1. The molecule has 0 bridgehead atoms. The van der Waals surface area contributed by atoms with Gasteiger partial charge in [-0.25, -0.2) is 0 Å². The second kappa shape index (κ2) is 9.17. The molecule has 0 spiro atoms. The largest absolute Gasteiger partial charge is 0.385 e. The highest BCUT2D eigenvalue weighted by molar-refractivity contribution is 4.74. The number of ether oxygens (including phenoxy) is 1. The zero-order chi connectivity index (χ0) is 11.7. The highest BCUT2D eigenvalue weighted by Crippen LogP contribution is 2.21. The maximum atomic E-state index is 5.08. The third-order valence-electron chi connectivity index (χ3n) is 3.16. The first-order valence-electron chi connectivity index (χ1n) is 6.35. The van der Waals surface area contributed by atoms with Crippen LogP contribution in [0, 0.1) is 11.8 Å². The fourth-order valence-corrected chi connectivity index (χ4v) is 2.26. The molecule has 2 unspecified atom stereocenters. The first-order valence-corrected chi connectivity index (χ1v) is 6.35. The molecule has 0 aliphatic carbocycles. The Morgan fingerprint density at radius 1 is 1.13 bits per heavy atom. The zero-order valence-corrected chi connectivity index (χ0v) is 11.2. The summed E-state index contributed by atoms with van der Waals surface area (Å²) in [6.07, 6.45) is 3.79. The van der Waals surface area contributed by atoms with Crippen molar-refractivity contribution in [1.29, 1.82) is 0 Å². The van der Waals surface area contributed by atoms with Crippen molar-refractivity contribution < 1.29 is 4.74 Å². The SMILES string of the molecule is CCNC(C)C(CCCCOC)C(C)C. The van der Waals surface area contributed by atoms with E-state index >= 15 is 0 Å². The first kappa shape index (κ1) is 14.9. The van der Waals surface area contributed by atoms with Gasteiger partial charge in [0.05, 0.1) is 0 Å². The molecular formula is C13H29NO. The van der Waals surface area contributed by atoms with Crippen LogP contribution in [-0.4, -0.2) is 26.3 Å². The quantitative estimate of drug-likeness (QED) is 0.597. The van der Waals surface area contributed by atoms with Crippen LogP contribution in [-0.2, 0) is 4.74 Å². The second-order valence-corrected chi connectivity index (χ2v) is 4.74. The summed E-state index contributed by atoms with van der Waals surface area (Å²) >= 11 is 0.